The van der Waals surface area contributed by atoms with Crippen molar-refractivity contribution in [2.45, 2.75) is 40.2 Å². The first-order valence-electron chi connectivity index (χ1n) is 8.46. The summed E-state index contributed by atoms with van der Waals surface area (Å²) in [5.41, 5.74) is 2.27. The molecule has 1 aromatic rings. The number of hydrogen-bond donors (Lipinski definition) is 2. The molecule has 1 atom stereocenters. The van der Waals surface area contributed by atoms with E-state index in [1.807, 2.05) is 30.0 Å². The Morgan fingerprint density at radius 1 is 1.30 bits per heavy atom. The number of nitrogens with zero attached hydrogens (tertiary/aromatic N) is 2. The van der Waals surface area contributed by atoms with Crippen LogP contribution >= 0.6 is 0 Å². The Kier molecular flexibility index (Phi) is 6.02. The molecule has 0 radical (unpaired) electrons. The largest absolute Gasteiger partial charge is 0.357 e. The molecule has 1 unspecified atom stereocenters. The lowest BCUT2D eigenvalue weighted by molar-refractivity contribution is -0.117. The lowest BCUT2D eigenvalue weighted by atomic mass is 10.1. The van der Waals surface area contributed by atoms with Crippen LogP contribution in [0.1, 0.15) is 33.3 Å². The van der Waals surface area contributed by atoms with Gasteiger partial charge in [0.15, 0.2) is 5.96 Å². The second kappa shape index (κ2) is 7.99. The molecule has 0 spiro atoms. The summed E-state index contributed by atoms with van der Waals surface area (Å²) >= 11 is 0. The Morgan fingerprint density at radius 3 is 2.74 bits per heavy atom. The molecule has 0 saturated carbocycles. The number of nitrogens with one attached hydrogen (secondary N) is 2. The molecule has 1 aromatic carbocycles. The highest BCUT2D eigenvalue weighted by molar-refractivity contribution is 5.98. The van der Waals surface area contributed by atoms with Gasteiger partial charge < -0.3 is 15.5 Å². The van der Waals surface area contributed by atoms with Crippen LogP contribution < -0.4 is 15.5 Å². The highest BCUT2D eigenvalue weighted by atomic mass is 16.2. The van der Waals surface area contributed by atoms with E-state index in [1.165, 1.54) is 5.56 Å². The average Bonchev–Trinajstić information content (AvgIpc) is 2.96. The summed E-state index contributed by atoms with van der Waals surface area (Å²) in [6.45, 7) is 10.2. The van der Waals surface area contributed by atoms with Crippen molar-refractivity contribution in [3.63, 3.8) is 0 Å². The summed E-state index contributed by atoms with van der Waals surface area (Å²) < 4.78 is 0. The predicted octanol–water partition coefficient (Wildman–Crippen LogP) is 2.18. The first kappa shape index (κ1) is 17.3. The van der Waals surface area contributed by atoms with E-state index in [1.54, 1.807) is 0 Å². The molecular formula is C18H28N4O. The zero-order valence-electron chi connectivity index (χ0n) is 14.6. The van der Waals surface area contributed by atoms with Gasteiger partial charge in [0, 0.05) is 24.8 Å². The third kappa shape index (κ3) is 4.47. The van der Waals surface area contributed by atoms with Gasteiger partial charge in [-0.3, -0.25) is 4.79 Å². The normalized spacial score (nSPS) is 15.5. The van der Waals surface area contributed by atoms with E-state index in [4.69, 9.17) is 0 Å². The van der Waals surface area contributed by atoms with Gasteiger partial charge in [0.25, 0.3) is 0 Å². The Labute approximate surface area is 139 Å². The fourth-order valence-corrected chi connectivity index (χ4v) is 2.53. The fourth-order valence-electron chi connectivity index (χ4n) is 2.53. The Bertz CT molecular complexity index is 568. The van der Waals surface area contributed by atoms with Gasteiger partial charge in [-0.25, -0.2) is 4.99 Å². The van der Waals surface area contributed by atoms with Crippen LogP contribution in [0, 0.1) is 5.92 Å². The standard InChI is InChI=1S/C18H28N4O/c1-5-19-18(21-14(4)13(2)3)20-12-17(23)22-11-10-15-8-6-7-9-16(15)22/h6-9,13-14H,5,10-12H2,1-4H3,(H2,19,20,21). The van der Waals surface area contributed by atoms with Gasteiger partial charge >= 0.3 is 0 Å². The maximum absolute atomic E-state index is 12.5. The molecule has 23 heavy (non-hydrogen) atoms. The lowest BCUT2D eigenvalue weighted by Gasteiger charge is -2.21. The van der Waals surface area contributed by atoms with E-state index in [2.05, 4.69) is 42.5 Å². The summed E-state index contributed by atoms with van der Waals surface area (Å²) in [5.74, 6) is 1.25. The van der Waals surface area contributed by atoms with Crippen molar-refractivity contribution in [1.82, 2.24) is 10.6 Å². The molecule has 1 amide bonds. The van der Waals surface area contributed by atoms with Crippen LogP contribution in [0.15, 0.2) is 29.3 Å². The molecule has 126 valence electrons. The van der Waals surface area contributed by atoms with E-state index in [0.29, 0.717) is 17.9 Å². The van der Waals surface area contributed by atoms with Crippen LogP contribution in [0.4, 0.5) is 5.69 Å². The second-order valence-corrected chi connectivity index (χ2v) is 6.30. The van der Waals surface area contributed by atoms with Gasteiger partial charge in [-0.2, -0.15) is 0 Å². The molecule has 2 N–H and O–H groups in total. The number of anilines is 1. The Hall–Kier alpha value is -2.04. The molecule has 1 heterocycles. The minimum Gasteiger partial charge on any atom is -0.357 e. The smallest absolute Gasteiger partial charge is 0.248 e. The van der Waals surface area contributed by atoms with Crippen molar-refractivity contribution >= 4 is 17.6 Å². The van der Waals surface area contributed by atoms with Crippen molar-refractivity contribution in [2.24, 2.45) is 10.9 Å². The summed E-state index contributed by atoms with van der Waals surface area (Å²) in [7, 11) is 0. The van der Waals surface area contributed by atoms with Crippen molar-refractivity contribution in [2.75, 3.05) is 24.5 Å². The molecule has 1 aliphatic rings. The van der Waals surface area contributed by atoms with Crippen LogP contribution in [0.5, 0.6) is 0 Å². The maximum atomic E-state index is 12.5. The van der Waals surface area contributed by atoms with E-state index in [0.717, 1.165) is 25.2 Å². The van der Waals surface area contributed by atoms with Crippen LogP contribution in [0.3, 0.4) is 0 Å². The maximum Gasteiger partial charge on any atom is 0.248 e. The fraction of sp³-hybridized carbons (Fsp3) is 0.556. The minimum atomic E-state index is 0.0457. The van der Waals surface area contributed by atoms with Crippen molar-refractivity contribution in [1.29, 1.82) is 0 Å². The number of rotatable bonds is 5. The first-order valence-corrected chi connectivity index (χ1v) is 8.46. The molecule has 0 bridgehead atoms. The monoisotopic (exact) mass is 316 g/mol. The molecule has 2 rings (SSSR count). The minimum absolute atomic E-state index is 0.0457. The number of carbonyl (C=O) groups is 1. The van der Waals surface area contributed by atoms with E-state index in [9.17, 15) is 4.79 Å². The van der Waals surface area contributed by atoms with Crippen molar-refractivity contribution < 1.29 is 4.79 Å². The SMILES string of the molecule is CCNC(=NCC(=O)N1CCc2ccccc21)NC(C)C(C)C. The number of fused-ring (bicyclic) bond motifs is 1. The highest BCUT2D eigenvalue weighted by Crippen LogP contribution is 2.27. The second-order valence-electron chi connectivity index (χ2n) is 6.30. The van der Waals surface area contributed by atoms with E-state index >= 15 is 0 Å². The third-order valence-corrected chi connectivity index (χ3v) is 4.27. The Morgan fingerprint density at radius 2 is 2.04 bits per heavy atom. The van der Waals surface area contributed by atoms with Gasteiger partial charge in [-0.15, -0.1) is 0 Å². The molecule has 0 fully saturated rings. The number of aliphatic imine (C=N–C) groups is 1. The van der Waals surface area contributed by atoms with Gasteiger partial charge in [0.1, 0.15) is 6.54 Å². The third-order valence-electron chi connectivity index (χ3n) is 4.27. The van der Waals surface area contributed by atoms with Crippen molar-refractivity contribution in [3.05, 3.63) is 29.8 Å². The van der Waals surface area contributed by atoms with E-state index < -0.39 is 0 Å². The topological polar surface area (TPSA) is 56.7 Å². The predicted molar refractivity (Wildman–Crippen MR) is 95.9 cm³/mol. The molecule has 1 aliphatic heterocycles. The van der Waals surface area contributed by atoms with Crippen LogP contribution in [0.25, 0.3) is 0 Å². The number of carbonyl (C=O) groups excluding carboxylic acids is 1. The lowest BCUT2D eigenvalue weighted by Crippen LogP contribution is -2.45. The molecular weight excluding hydrogens is 288 g/mol. The Balaban J connectivity index is 2.00. The zero-order valence-corrected chi connectivity index (χ0v) is 14.6. The summed E-state index contributed by atoms with van der Waals surface area (Å²) in [4.78, 5) is 18.8. The summed E-state index contributed by atoms with van der Waals surface area (Å²) in [6.07, 6.45) is 0.925. The van der Waals surface area contributed by atoms with Crippen LogP contribution in [0.2, 0.25) is 0 Å². The first-order chi connectivity index (χ1) is 11.0. The van der Waals surface area contributed by atoms with Crippen LogP contribution in [-0.2, 0) is 11.2 Å². The molecule has 5 nitrogen and oxygen atoms in total. The summed E-state index contributed by atoms with van der Waals surface area (Å²) in [6, 6.07) is 8.39. The number of benzene rings is 1. The number of guanidine groups is 1. The zero-order chi connectivity index (χ0) is 16.8. The van der Waals surface area contributed by atoms with Gasteiger partial charge in [-0.1, -0.05) is 32.0 Å². The van der Waals surface area contributed by atoms with Crippen molar-refractivity contribution in [3.8, 4) is 0 Å². The van der Waals surface area contributed by atoms with Gasteiger partial charge in [0.2, 0.25) is 5.91 Å². The molecule has 0 aliphatic carbocycles. The number of amides is 1. The number of para-hydroxylation sites is 1. The summed E-state index contributed by atoms with van der Waals surface area (Å²) in [5, 5.41) is 6.55. The van der Waals surface area contributed by atoms with E-state index in [-0.39, 0.29) is 12.5 Å². The quantitative estimate of drug-likeness (QED) is 0.646. The van der Waals surface area contributed by atoms with Gasteiger partial charge in [-0.05, 0) is 37.8 Å². The highest BCUT2D eigenvalue weighted by Gasteiger charge is 2.23. The molecule has 0 saturated heterocycles. The average molecular weight is 316 g/mol. The molecule has 0 aromatic heterocycles. The molecule has 5 heteroatoms. The van der Waals surface area contributed by atoms with Crippen LogP contribution in [-0.4, -0.2) is 37.5 Å². The van der Waals surface area contributed by atoms with Gasteiger partial charge in [0.05, 0.1) is 0 Å². The number of hydrogen-bond acceptors (Lipinski definition) is 2.